The van der Waals surface area contributed by atoms with E-state index >= 15 is 0 Å². The Morgan fingerprint density at radius 2 is 2.04 bits per heavy atom. The van der Waals surface area contributed by atoms with Gasteiger partial charge in [-0.05, 0) is 35.5 Å². The monoisotopic (exact) mass is 367 g/mol. The zero-order chi connectivity index (χ0) is 18.1. The van der Waals surface area contributed by atoms with Crippen molar-refractivity contribution in [2.75, 3.05) is 10.6 Å². The molecule has 2 aromatic heterocycles. The second kappa shape index (κ2) is 6.57. The number of carbonyl (C=O) groups excluding carboxylic acids is 1. The van der Waals surface area contributed by atoms with Crippen LogP contribution in [0.2, 0.25) is 5.02 Å². The summed E-state index contributed by atoms with van der Waals surface area (Å²) in [6.07, 6.45) is 1.61. The van der Waals surface area contributed by atoms with Crippen LogP contribution in [0.15, 0.2) is 59.9 Å². The number of allylic oxidation sites excluding steroid dienone is 1. The largest absolute Gasteiger partial charge is 0.326 e. The van der Waals surface area contributed by atoms with E-state index in [-0.39, 0.29) is 5.91 Å². The molecule has 0 bridgehead atoms. The van der Waals surface area contributed by atoms with Crippen LogP contribution in [0.1, 0.15) is 18.5 Å². The van der Waals surface area contributed by atoms with Crippen molar-refractivity contribution in [3.05, 3.63) is 70.5 Å². The van der Waals surface area contributed by atoms with Crippen molar-refractivity contribution in [3.8, 4) is 0 Å². The Balaban J connectivity index is 1.80. The Hall–Kier alpha value is -3.26. The van der Waals surface area contributed by atoms with E-state index in [0.717, 1.165) is 5.56 Å². The lowest BCUT2D eigenvalue weighted by atomic mass is 9.95. The Labute approximate surface area is 153 Å². The van der Waals surface area contributed by atoms with E-state index in [9.17, 15) is 4.79 Å². The lowest BCUT2D eigenvalue weighted by molar-refractivity contribution is -0.113. The first kappa shape index (κ1) is 16.2. The summed E-state index contributed by atoms with van der Waals surface area (Å²) in [5.41, 5.74) is 1.84. The highest BCUT2D eigenvalue weighted by Crippen LogP contribution is 2.37. The highest BCUT2D eigenvalue weighted by Gasteiger charge is 2.35. The van der Waals surface area contributed by atoms with Crippen molar-refractivity contribution in [1.29, 1.82) is 0 Å². The van der Waals surface area contributed by atoms with Crippen LogP contribution in [0.4, 0.5) is 11.8 Å². The predicted octanol–water partition coefficient (Wildman–Crippen LogP) is 2.65. The molecule has 9 heteroatoms. The Morgan fingerprint density at radius 1 is 1.23 bits per heavy atom. The van der Waals surface area contributed by atoms with Gasteiger partial charge in [-0.25, -0.2) is 4.98 Å². The topological polar surface area (TPSA) is 97.6 Å². The minimum Gasteiger partial charge on any atom is -0.326 e. The highest BCUT2D eigenvalue weighted by molar-refractivity contribution is 6.31. The third kappa shape index (κ3) is 2.80. The normalized spacial score (nSPS) is 16.0. The first-order valence-corrected chi connectivity index (χ1v) is 8.25. The molecule has 0 spiro atoms. The van der Waals surface area contributed by atoms with Crippen molar-refractivity contribution in [3.63, 3.8) is 0 Å². The number of tetrazole rings is 1. The third-order valence-electron chi connectivity index (χ3n) is 4.07. The van der Waals surface area contributed by atoms with Crippen molar-refractivity contribution >= 4 is 29.3 Å². The van der Waals surface area contributed by atoms with E-state index in [1.165, 1.54) is 0 Å². The van der Waals surface area contributed by atoms with E-state index in [2.05, 4.69) is 31.1 Å². The molecule has 1 amide bonds. The number of aromatic nitrogens is 5. The first-order chi connectivity index (χ1) is 12.6. The standard InChI is InChI=1S/C17H14ClN7O/c1-10-14(16(26)21-13-8-4-5-9-19-13)15(11-6-2-3-7-12(11)18)25-17(20-10)22-23-24-25/h2-9,15H,1H3,(H,19,21,26)(H,20,22,24)/t15-/m1/s1. The Kier molecular flexibility index (Phi) is 4.10. The minimum absolute atomic E-state index is 0.306. The number of anilines is 2. The minimum atomic E-state index is -0.557. The molecular weight excluding hydrogens is 354 g/mol. The molecule has 0 saturated carbocycles. The van der Waals surface area contributed by atoms with Crippen LogP contribution in [0.5, 0.6) is 0 Å². The molecule has 26 heavy (non-hydrogen) atoms. The molecule has 0 radical (unpaired) electrons. The van der Waals surface area contributed by atoms with Gasteiger partial charge in [-0.3, -0.25) is 4.79 Å². The van der Waals surface area contributed by atoms with E-state index in [0.29, 0.717) is 28.1 Å². The number of hydrogen-bond acceptors (Lipinski definition) is 6. The number of hydrogen-bond donors (Lipinski definition) is 2. The van der Waals surface area contributed by atoms with Gasteiger partial charge >= 0.3 is 0 Å². The lowest BCUT2D eigenvalue weighted by Gasteiger charge is -2.28. The van der Waals surface area contributed by atoms with Crippen molar-refractivity contribution in [2.45, 2.75) is 13.0 Å². The summed E-state index contributed by atoms with van der Waals surface area (Å²) in [5.74, 6) is 0.597. The van der Waals surface area contributed by atoms with Crippen LogP contribution < -0.4 is 10.6 Å². The molecule has 1 aliphatic rings. The fraction of sp³-hybridized carbons (Fsp3) is 0.118. The Bertz CT molecular complexity index is 999. The van der Waals surface area contributed by atoms with Crippen molar-refractivity contribution in [1.82, 2.24) is 25.2 Å². The SMILES string of the molecule is CC1=C(C(=O)Nc2ccccn2)[C@@H](c2ccccc2Cl)n2nnnc2N1. The van der Waals surface area contributed by atoms with Crippen LogP contribution in [0.25, 0.3) is 0 Å². The molecule has 8 nitrogen and oxygen atoms in total. The maximum Gasteiger partial charge on any atom is 0.257 e. The molecule has 3 heterocycles. The molecule has 0 unspecified atom stereocenters. The average molecular weight is 368 g/mol. The van der Waals surface area contributed by atoms with Crippen LogP contribution >= 0.6 is 11.6 Å². The van der Waals surface area contributed by atoms with Crippen LogP contribution in [0, 0.1) is 0 Å². The second-order valence-electron chi connectivity index (χ2n) is 5.70. The van der Waals surface area contributed by atoms with Gasteiger partial charge in [-0.15, -0.1) is 0 Å². The van der Waals surface area contributed by atoms with Crippen molar-refractivity contribution in [2.24, 2.45) is 0 Å². The number of carbonyl (C=O) groups is 1. The fourth-order valence-corrected chi connectivity index (χ4v) is 3.15. The van der Waals surface area contributed by atoms with E-state index in [1.807, 2.05) is 18.2 Å². The zero-order valence-electron chi connectivity index (χ0n) is 13.7. The molecule has 1 atom stereocenters. The summed E-state index contributed by atoms with van der Waals surface area (Å²) in [6.45, 7) is 1.80. The van der Waals surface area contributed by atoms with Gasteiger partial charge in [0.25, 0.3) is 5.91 Å². The van der Waals surface area contributed by atoms with Crippen LogP contribution in [0.3, 0.4) is 0 Å². The smallest absolute Gasteiger partial charge is 0.257 e. The molecule has 1 aromatic carbocycles. The maximum atomic E-state index is 13.0. The summed E-state index contributed by atoms with van der Waals surface area (Å²) in [6, 6.07) is 12.1. The van der Waals surface area contributed by atoms with E-state index in [1.54, 1.807) is 42.1 Å². The van der Waals surface area contributed by atoms with E-state index in [4.69, 9.17) is 11.6 Å². The zero-order valence-corrected chi connectivity index (χ0v) is 14.5. The average Bonchev–Trinajstić information content (AvgIpc) is 3.10. The third-order valence-corrected chi connectivity index (χ3v) is 4.41. The molecule has 4 rings (SSSR count). The van der Waals surface area contributed by atoms with Gasteiger partial charge in [0.1, 0.15) is 11.9 Å². The summed E-state index contributed by atoms with van der Waals surface area (Å²) < 4.78 is 1.54. The van der Waals surface area contributed by atoms with Crippen LogP contribution in [-0.2, 0) is 4.79 Å². The molecule has 3 aromatic rings. The number of fused-ring (bicyclic) bond motifs is 1. The molecule has 0 fully saturated rings. The second-order valence-corrected chi connectivity index (χ2v) is 6.11. The maximum absolute atomic E-state index is 13.0. The van der Waals surface area contributed by atoms with Gasteiger partial charge in [0.2, 0.25) is 5.95 Å². The number of amides is 1. The van der Waals surface area contributed by atoms with E-state index < -0.39 is 6.04 Å². The number of pyridine rings is 1. The number of nitrogens with zero attached hydrogens (tertiary/aromatic N) is 5. The Morgan fingerprint density at radius 3 is 2.81 bits per heavy atom. The van der Waals surface area contributed by atoms with Gasteiger partial charge in [-0.1, -0.05) is 41.0 Å². The van der Waals surface area contributed by atoms with Gasteiger partial charge in [0.15, 0.2) is 0 Å². The number of benzene rings is 1. The predicted molar refractivity (Wildman–Crippen MR) is 96.6 cm³/mol. The summed E-state index contributed by atoms with van der Waals surface area (Å²) in [7, 11) is 0. The molecule has 1 aliphatic heterocycles. The quantitative estimate of drug-likeness (QED) is 0.738. The number of nitrogens with one attached hydrogen (secondary N) is 2. The number of halogens is 1. The molecule has 130 valence electrons. The van der Waals surface area contributed by atoms with Gasteiger partial charge in [0.05, 0.1) is 5.57 Å². The number of rotatable bonds is 3. The molecular formula is C17H14ClN7O. The van der Waals surface area contributed by atoms with Crippen LogP contribution in [-0.4, -0.2) is 31.1 Å². The summed E-state index contributed by atoms with van der Waals surface area (Å²) in [4.78, 5) is 17.2. The van der Waals surface area contributed by atoms with Gasteiger partial charge in [-0.2, -0.15) is 4.68 Å². The fourth-order valence-electron chi connectivity index (χ4n) is 2.91. The lowest BCUT2D eigenvalue weighted by Crippen LogP contribution is -2.31. The van der Waals surface area contributed by atoms with Crippen molar-refractivity contribution < 1.29 is 4.79 Å². The highest BCUT2D eigenvalue weighted by atomic mass is 35.5. The summed E-state index contributed by atoms with van der Waals surface area (Å²) >= 11 is 6.40. The first-order valence-electron chi connectivity index (χ1n) is 7.87. The summed E-state index contributed by atoms with van der Waals surface area (Å²) in [5, 5.41) is 18.1. The molecule has 0 saturated heterocycles. The molecule has 2 N–H and O–H groups in total. The van der Waals surface area contributed by atoms with Gasteiger partial charge in [0, 0.05) is 22.5 Å². The molecule has 0 aliphatic carbocycles. The van der Waals surface area contributed by atoms with Gasteiger partial charge < -0.3 is 10.6 Å².